The molecule has 0 amide bonds. The van der Waals surface area contributed by atoms with E-state index in [9.17, 15) is 4.79 Å². The molecule has 0 N–H and O–H groups in total. The minimum Gasteiger partial charge on any atom is -0.358 e. The van der Waals surface area contributed by atoms with E-state index in [4.69, 9.17) is 4.74 Å². The molecule has 2 nitrogen and oxygen atoms in total. The lowest BCUT2D eigenvalue weighted by molar-refractivity contribution is -0.121. The Morgan fingerprint density at radius 1 is 1.60 bits per heavy atom. The Kier molecular flexibility index (Phi) is 1.59. The fraction of sp³-hybridized carbons (Fsp3) is 0.875. The van der Waals surface area contributed by atoms with Gasteiger partial charge >= 0.3 is 0 Å². The normalized spacial score (nSPS) is 38.3. The highest BCUT2D eigenvalue weighted by atomic mass is 16.6. The zero-order chi connectivity index (χ0) is 7.94. The highest BCUT2D eigenvalue weighted by molar-refractivity contribution is 5.87. The van der Waals surface area contributed by atoms with Crippen molar-refractivity contribution in [1.29, 1.82) is 0 Å². The van der Waals surface area contributed by atoms with Gasteiger partial charge in [0, 0.05) is 0 Å². The minimum absolute atomic E-state index is 0.145. The van der Waals surface area contributed by atoms with E-state index in [1.54, 1.807) is 6.92 Å². The average molecular weight is 142 g/mol. The first-order chi connectivity index (χ1) is 4.48. The van der Waals surface area contributed by atoms with Gasteiger partial charge in [0.2, 0.25) is 0 Å². The van der Waals surface area contributed by atoms with Crippen molar-refractivity contribution >= 4 is 5.78 Å². The maximum absolute atomic E-state index is 10.9. The summed E-state index contributed by atoms with van der Waals surface area (Å²) in [7, 11) is 0. The number of carbonyl (C=O) groups excluding carboxylic acids is 1. The fourth-order valence-electron chi connectivity index (χ4n) is 1.29. The lowest BCUT2D eigenvalue weighted by atomic mass is 9.96. The van der Waals surface area contributed by atoms with Crippen LogP contribution >= 0.6 is 0 Å². The van der Waals surface area contributed by atoms with Crippen molar-refractivity contribution in [1.82, 2.24) is 0 Å². The molecule has 0 aromatic carbocycles. The summed E-state index contributed by atoms with van der Waals surface area (Å²) < 4.78 is 5.28. The Labute approximate surface area is 61.6 Å². The Hall–Kier alpha value is -0.370. The topological polar surface area (TPSA) is 29.6 Å². The molecule has 1 aliphatic rings. The van der Waals surface area contributed by atoms with Crippen LogP contribution in [0.5, 0.6) is 0 Å². The van der Waals surface area contributed by atoms with Gasteiger partial charge < -0.3 is 4.74 Å². The third-order valence-corrected chi connectivity index (χ3v) is 2.16. The van der Waals surface area contributed by atoms with Gasteiger partial charge in [-0.3, -0.25) is 4.79 Å². The standard InChI is InChI=1S/C8H14O2/c1-5(2)7-8(4,10-7)6(3)9/h5,7H,1-4H3. The van der Waals surface area contributed by atoms with Gasteiger partial charge in [-0.1, -0.05) is 13.8 Å². The molecule has 0 spiro atoms. The van der Waals surface area contributed by atoms with Crippen molar-refractivity contribution in [2.24, 2.45) is 5.92 Å². The molecule has 1 rings (SSSR count). The summed E-state index contributed by atoms with van der Waals surface area (Å²) in [6, 6.07) is 0. The third-order valence-electron chi connectivity index (χ3n) is 2.16. The van der Waals surface area contributed by atoms with Gasteiger partial charge in [0.25, 0.3) is 0 Å². The van der Waals surface area contributed by atoms with E-state index in [1.165, 1.54) is 0 Å². The van der Waals surface area contributed by atoms with Crippen LogP contribution in [0.25, 0.3) is 0 Å². The maximum Gasteiger partial charge on any atom is 0.163 e. The highest BCUT2D eigenvalue weighted by Gasteiger charge is 2.57. The molecule has 1 heterocycles. The second-order valence-corrected chi connectivity index (χ2v) is 3.45. The lowest BCUT2D eigenvalue weighted by Gasteiger charge is -2.01. The molecular formula is C8H14O2. The molecule has 0 aromatic rings. The van der Waals surface area contributed by atoms with E-state index >= 15 is 0 Å². The van der Waals surface area contributed by atoms with Gasteiger partial charge in [-0.25, -0.2) is 0 Å². The Morgan fingerprint density at radius 2 is 2.10 bits per heavy atom. The van der Waals surface area contributed by atoms with E-state index in [-0.39, 0.29) is 11.9 Å². The van der Waals surface area contributed by atoms with Crippen molar-refractivity contribution in [2.75, 3.05) is 0 Å². The van der Waals surface area contributed by atoms with Crippen LogP contribution in [0.2, 0.25) is 0 Å². The van der Waals surface area contributed by atoms with Gasteiger partial charge in [-0.2, -0.15) is 0 Å². The summed E-state index contributed by atoms with van der Waals surface area (Å²) in [5.41, 5.74) is -0.450. The molecule has 0 aliphatic carbocycles. The zero-order valence-electron chi connectivity index (χ0n) is 6.97. The first kappa shape index (κ1) is 7.73. The molecule has 1 fully saturated rings. The average Bonchev–Trinajstić information content (AvgIpc) is 2.43. The number of carbonyl (C=O) groups is 1. The van der Waals surface area contributed by atoms with Crippen LogP contribution in [0.4, 0.5) is 0 Å². The summed E-state index contributed by atoms with van der Waals surface area (Å²) in [5.74, 6) is 0.597. The molecule has 1 aliphatic heterocycles. The van der Waals surface area contributed by atoms with Crippen LogP contribution in [-0.4, -0.2) is 17.5 Å². The molecule has 58 valence electrons. The van der Waals surface area contributed by atoms with E-state index in [0.717, 1.165) is 0 Å². The van der Waals surface area contributed by atoms with Crippen molar-refractivity contribution in [3.05, 3.63) is 0 Å². The van der Waals surface area contributed by atoms with Gasteiger partial charge in [0.15, 0.2) is 5.78 Å². The van der Waals surface area contributed by atoms with E-state index in [1.807, 2.05) is 6.92 Å². The molecule has 0 radical (unpaired) electrons. The van der Waals surface area contributed by atoms with Gasteiger partial charge in [-0.15, -0.1) is 0 Å². The highest BCUT2D eigenvalue weighted by Crippen LogP contribution is 2.41. The number of ether oxygens (including phenoxy) is 1. The number of rotatable bonds is 2. The first-order valence-corrected chi connectivity index (χ1v) is 3.67. The second kappa shape index (κ2) is 2.06. The fourth-order valence-corrected chi connectivity index (χ4v) is 1.29. The molecular weight excluding hydrogens is 128 g/mol. The van der Waals surface area contributed by atoms with Gasteiger partial charge in [0.05, 0.1) is 6.10 Å². The largest absolute Gasteiger partial charge is 0.358 e. The van der Waals surface area contributed by atoms with Crippen molar-refractivity contribution in [3.8, 4) is 0 Å². The SMILES string of the molecule is CC(=O)C1(C)OC1C(C)C. The smallest absolute Gasteiger partial charge is 0.163 e. The van der Waals surface area contributed by atoms with Crippen LogP contribution < -0.4 is 0 Å². The molecule has 0 bridgehead atoms. The van der Waals surface area contributed by atoms with Crippen LogP contribution in [0.1, 0.15) is 27.7 Å². The second-order valence-electron chi connectivity index (χ2n) is 3.45. The quantitative estimate of drug-likeness (QED) is 0.545. The van der Waals surface area contributed by atoms with E-state index in [0.29, 0.717) is 5.92 Å². The summed E-state index contributed by atoms with van der Waals surface area (Å²) in [6.45, 7) is 7.58. The summed E-state index contributed by atoms with van der Waals surface area (Å²) in [4.78, 5) is 10.9. The van der Waals surface area contributed by atoms with Gasteiger partial charge in [-0.05, 0) is 19.8 Å². The van der Waals surface area contributed by atoms with Crippen molar-refractivity contribution in [2.45, 2.75) is 39.4 Å². The molecule has 1 saturated heterocycles. The van der Waals surface area contributed by atoms with Crippen LogP contribution in [0.3, 0.4) is 0 Å². The summed E-state index contributed by atoms with van der Waals surface area (Å²) in [5, 5.41) is 0. The van der Waals surface area contributed by atoms with Crippen LogP contribution in [0, 0.1) is 5.92 Å². The van der Waals surface area contributed by atoms with Crippen molar-refractivity contribution in [3.63, 3.8) is 0 Å². The van der Waals surface area contributed by atoms with Crippen molar-refractivity contribution < 1.29 is 9.53 Å². The number of ketones is 1. The van der Waals surface area contributed by atoms with E-state index < -0.39 is 5.60 Å². The Balaban J connectivity index is 2.56. The number of hydrogen-bond donors (Lipinski definition) is 0. The molecule has 0 saturated carbocycles. The molecule has 0 aromatic heterocycles. The van der Waals surface area contributed by atoms with Crippen LogP contribution in [-0.2, 0) is 9.53 Å². The zero-order valence-corrected chi connectivity index (χ0v) is 6.97. The molecule has 10 heavy (non-hydrogen) atoms. The molecule has 2 unspecified atom stereocenters. The number of hydrogen-bond acceptors (Lipinski definition) is 2. The first-order valence-electron chi connectivity index (χ1n) is 3.67. The monoisotopic (exact) mass is 142 g/mol. The van der Waals surface area contributed by atoms with Crippen LogP contribution in [0.15, 0.2) is 0 Å². The number of epoxide rings is 1. The summed E-state index contributed by atoms with van der Waals surface area (Å²) in [6.07, 6.45) is 0.157. The lowest BCUT2D eigenvalue weighted by Crippen LogP contribution is -2.22. The third kappa shape index (κ3) is 0.966. The van der Waals surface area contributed by atoms with Gasteiger partial charge in [0.1, 0.15) is 5.60 Å². The van der Waals surface area contributed by atoms with E-state index in [2.05, 4.69) is 13.8 Å². The predicted octanol–water partition coefficient (Wildman–Crippen LogP) is 1.39. The maximum atomic E-state index is 10.9. The predicted molar refractivity (Wildman–Crippen MR) is 38.8 cm³/mol. The summed E-state index contributed by atoms with van der Waals surface area (Å²) >= 11 is 0. The Bertz CT molecular complexity index is 163. The number of Topliss-reactive ketones (excluding diaryl/α,β-unsaturated/α-hetero) is 1. The molecule has 2 heteroatoms. The Morgan fingerprint density at radius 3 is 2.20 bits per heavy atom. The minimum atomic E-state index is -0.450. The molecule has 2 atom stereocenters.